The van der Waals surface area contributed by atoms with E-state index in [4.69, 9.17) is 14.3 Å². The van der Waals surface area contributed by atoms with Crippen molar-refractivity contribution in [2.45, 2.75) is 13.0 Å². The average Bonchev–Trinajstić information content (AvgIpc) is 3.09. The van der Waals surface area contributed by atoms with E-state index in [2.05, 4.69) is 4.98 Å². The lowest BCUT2D eigenvalue weighted by molar-refractivity contribution is 0.297. The predicted molar refractivity (Wildman–Crippen MR) is 93.4 cm³/mol. The third kappa shape index (κ3) is 4.57. The Labute approximate surface area is 141 Å². The zero-order valence-electron chi connectivity index (χ0n) is 13.3. The number of nitrogens with zero attached hydrogens (tertiary/aromatic N) is 1. The quantitative estimate of drug-likeness (QED) is 0.715. The van der Waals surface area contributed by atoms with Crippen LogP contribution in [0.4, 0.5) is 0 Å². The zero-order chi connectivity index (χ0) is 16.6. The molecular weight excluding hydrogens is 302 g/mol. The van der Waals surface area contributed by atoms with Gasteiger partial charge in [0.15, 0.2) is 0 Å². The standard InChI is InChI=1S/C20H19NO3/c22-13-12-17-6-9-19(10-7-17)23-14-18-15-24-20(21-18)11-8-16-4-2-1-3-5-16/h1-11,15,22H,12-14H2. The van der Waals surface area contributed by atoms with Crippen LogP contribution in [0.15, 0.2) is 65.3 Å². The van der Waals surface area contributed by atoms with Crippen LogP contribution < -0.4 is 4.74 Å². The van der Waals surface area contributed by atoms with Crippen LogP contribution in [0, 0.1) is 0 Å². The molecule has 4 nitrogen and oxygen atoms in total. The first-order valence-electron chi connectivity index (χ1n) is 7.83. The summed E-state index contributed by atoms with van der Waals surface area (Å²) in [5.74, 6) is 1.32. The minimum absolute atomic E-state index is 0.151. The van der Waals surface area contributed by atoms with Crippen LogP contribution in [-0.2, 0) is 13.0 Å². The Kier molecular flexibility index (Phi) is 5.43. The normalized spacial score (nSPS) is 11.0. The monoisotopic (exact) mass is 321 g/mol. The molecule has 3 rings (SSSR count). The van der Waals surface area contributed by atoms with E-state index in [1.807, 2.05) is 66.7 Å². The average molecular weight is 321 g/mol. The molecule has 122 valence electrons. The third-order valence-electron chi connectivity index (χ3n) is 3.50. The maximum atomic E-state index is 8.90. The van der Waals surface area contributed by atoms with Gasteiger partial charge in [0.05, 0.1) is 0 Å². The van der Waals surface area contributed by atoms with Gasteiger partial charge in [-0.15, -0.1) is 0 Å². The summed E-state index contributed by atoms with van der Waals surface area (Å²) in [4.78, 5) is 4.38. The summed E-state index contributed by atoms with van der Waals surface area (Å²) in [6.07, 6.45) is 6.05. The van der Waals surface area contributed by atoms with Gasteiger partial charge in [-0.1, -0.05) is 42.5 Å². The number of oxazole rings is 1. The first-order valence-corrected chi connectivity index (χ1v) is 7.83. The molecule has 0 bridgehead atoms. The Hall–Kier alpha value is -2.85. The van der Waals surface area contributed by atoms with Crippen molar-refractivity contribution in [2.24, 2.45) is 0 Å². The van der Waals surface area contributed by atoms with Gasteiger partial charge in [-0.25, -0.2) is 4.98 Å². The number of hydrogen-bond donors (Lipinski definition) is 1. The fourth-order valence-electron chi connectivity index (χ4n) is 2.24. The molecule has 1 aromatic heterocycles. The molecule has 4 heteroatoms. The van der Waals surface area contributed by atoms with Crippen molar-refractivity contribution in [3.8, 4) is 5.75 Å². The number of ether oxygens (including phenoxy) is 1. The molecule has 0 radical (unpaired) electrons. The summed E-state index contributed by atoms with van der Waals surface area (Å²) in [6.45, 7) is 0.500. The van der Waals surface area contributed by atoms with Crippen molar-refractivity contribution in [3.05, 3.63) is 83.6 Å². The molecule has 0 amide bonds. The number of hydrogen-bond acceptors (Lipinski definition) is 4. The van der Waals surface area contributed by atoms with Crippen LogP contribution >= 0.6 is 0 Å². The molecule has 1 N–H and O–H groups in total. The van der Waals surface area contributed by atoms with Crippen LogP contribution in [0.1, 0.15) is 22.7 Å². The molecule has 1 heterocycles. The second-order valence-electron chi connectivity index (χ2n) is 5.33. The predicted octanol–water partition coefficient (Wildman–Crippen LogP) is 3.96. The van der Waals surface area contributed by atoms with Gasteiger partial charge in [0.25, 0.3) is 0 Å². The Morgan fingerprint density at radius 1 is 1.00 bits per heavy atom. The Morgan fingerprint density at radius 2 is 1.79 bits per heavy atom. The number of aliphatic hydroxyl groups is 1. The molecule has 2 aromatic carbocycles. The van der Waals surface area contributed by atoms with E-state index < -0.39 is 0 Å². The number of rotatable bonds is 7. The molecule has 0 aliphatic carbocycles. The van der Waals surface area contributed by atoms with Crippen molar-refractivity contribution in [1.29, 1.82) is 0 Å². The van der Waals surface area contributed by atoms with Crippen molar-refractivity contribution in [1.82, 2.24) is 4.98 Å². The van der Waals surface area contributed by atoms with Crippen LogP contribution in [0.2, 0.25) is 0 Å². The van der Waals surface area contributed by atoms with Crippen molar-refractivity contribution >= 4 is 12.2 Å². The van der Waals surface area contributed by atoms with E-state index in [1.54, 1.807) is 6.26 Å². The molecule has 0 saturated carbocycles. The van der Waals surface area contributed by atoms with E-state index in [-0.39, 0.29) is 6.61 Å². The second kappa shape index (κ2) is 8.13. The smallest absolute Gasteiger partial charge is 0.218 e. The van der Waals surface area contributed by atoms with Gasteiger partial charge in [0.1, 0.15) is 24.3 Å². The fraction of sp³-hybridized carbons (Fsp3) is 0.150. The van der Waals surface area contributed by atoms with Crippen LogP contribution in [0.3, 0.4) is 0 Å². The van der Waals surface area contributed by atoms with E-state index >= 15 is 0 Å². The lowest BCUT2D eigenvalue weighted by atomic mass is 10.1. The number of benzene rings is 2. The van der Waals surface area contributed by atoms with Gasteiger partial charge in [-0.05, 0) is 35.8 Å². The van der Waals surface area contributed by atoms with Gasteiger partial charge in [-0.2, -0.15) is 0 Å². The maximum absolute atomic E-state index is 8.90. The summed E-state index contributed by atoms with van der Waals surface area (Å²) >= 11 is 0. The highest BCUT2D eigenvalue weighted by molar-refractivity contribution is 5.65. The van der Waals surface area contributed by atoms with Crippen LogP contribution in [0.25, 0.3) is 12.2 Å². The molecule has 0 atom stereocenters. The minimum atomic E-state index is 0.151. The van der Waals surface area contributed by atoms with Crippen LogP contribution in [-0.4, -0.2) is 16.7 Å². The largest absolute Gasteiger partial charge is 0.487 e. The summed E-state index contributed by atoms with van der Waals surface area (Å²) in [6, 6.07) is 17.7. The molecule has 24 heavy (non-hydrogen) atoms. The van der Waals surface area contributed by atoms with Crippen LogP contribution in [0.5, 0.6) is 5.75 Å². The summed E-state index contributed by atoms with van der Waals surface area (Å²) in [5.41, 5.74) is 2.92. The van der Waals surface area contributed by atoms with Gasteiger partial charge >= 0.3 is 0 Å². The zero-order valence-corrected chi connectivity index (χ0v) is 13.3. The number of aromatic nitrogens is 1. The van der Waals surface area contributed by atoms with Crippen molar-refractivity contribution in [2.75, 3.05) is 6.61 Å². The second-order valence-corrected chi connectivity index (χ2v) is 5.33. The summed E-state index contributed by atoms with van der Waals surface area (Å²) in [7, 11) is 0. The summed E-state index contributed by atoms with van der Waals surface area (Å²) in [5, 5.41) is 8.90. The molecule has 0 saturated heterocycles. The maximum Gasteiger partial charge on any atom is 0.218 e. The lowest BCUT2D eigenvalue weighted by Gasteiger charge is -2.04. The van der Waals surface area contributed by atoms with Gasteiger partial charge < -0.3 is 14.3 Å². The Balaban J connectivity index is 1.55. The molecule has 0 unspecified atom stereocenters. The van der Waals surface area contributed by atoms with Gasteiger partial charge in [0.2, 0.25) is 5.89 Å². The first-order chi connectivity index (χ1) is 11.8. The minimum Gasteiger partial charge on any atom is -0.487 e. The highest BCUT2D eigenvalue weighted by Gasteiger charge is 2.03. The Bertz CT molecular complexity index is 776. The van der Waals surface area contributed by atoms with Gasteiger partial charge in [-0.3, -0.25) is 0 Å². The fourth-order valence-corrected chi connectivity index (χ4v) is 2.24. The molecular formula is C20H19NO3. The van der Waals surface area contributed by atoms with Crippen molar-refractivity contribution < 1.29 is 14.3 Å². The third-order valence-corrected chi connectivity index (χ3v) is 3.50. The molecule has 0 aliphatic rings. The van der Waals surface area contributed by atoms with E-state index in [1.165, 1.54) is 0 Å². The van der Waals surface area contributed by atoms with E-state index in [0.717, 1.165) is 22.6 Å². The SMILES string of the molecule is OCCc1ccc(OCc2coc(C=Cc3ccccc3)n2)cc1. The molecule has 0 aliphatic heterocycles. The Morgan fingerprint density at radius 3 is 2.54 bits per heavy atom. The molecule has 0 spiro atoms. The molecule has 0 fully saturated rings. The van der Waals surface area contributed by atoms with E-state index in [9.17, 15) is 0 Å². The van der Waals surface area contributed by atoms with E-state index in [0.29, 0.717) is 18.9 Å². The van der Waals surface area contributed by atoms with Gasteiger partial charge in [0, 0.05) is 12.7 Å². The summed E-state index contributed by atoms with van der Waals surface area (Å²) < 4.78 is 11.1. The first kappa shape index (κ1) is 16.0. The highest BCUT2D eigenvalue weighted by Crippen LogP contribution is 2.15. The lowest BCUT2D eigenvalue weighted by Crippen LogP contribution is -1.96. The molecule has 3 aromatic rings. The van der Waals surface area contributed by atoms with Crippen molar-refractivity contribution in [3.63, 3.8) is 0 Å². The highest BCUT2D eigenvalue weighted by atomic mass is 16.5. The number of aliphatic hydroxyl groups excluding tert-OH is 1. The topological polar surface area (TPSA) is 55.5 Å².